The van der Waals surface area contributed by atoms with E-state index >= 15 is 0 Å². The Balaban J connectivity index is 2.00. The number of hydrogen-bond donors (Lipinski definition) is 2. The van der Waals surface area contributed by atoms with E-state index in [4.69, 9.17) is 0 Å². The molecule has 2 N–H and O–H groups in total. The predicted molar refractivity (Wildman–Crippen MR) is 79.9 cm³/mol. The summed E-state index contributed by atoms with van der Waals surface area (Å²) in [7, 11) is -3.36. The molecule has 6 nitrogen and oxygen atoms in total. The molecular formula is C14H17N3O3S. The lowest BCUT2D eigenvalue weighted by molar-refractivity contribution is 0.0962. The van der Waals surface area contributed by atoms with E-state index in [1.54, 1.807) is 50.3 Å². The molecular weight excluding hydrogens is 290 g/mol. The maximum atomic E-state index is 11.9. The SMILES string of the molecule is CC(C)S(=O)(=O)NC1C=CC(NC(=O)c2ccccn2)=C1. The number of hydrogen-bond acceptors (Lipinski definition) is 4. The third kappa shape index (κ3) is 3.99. The van der Waals surface area contributed by atoms with Gasteiger partial charge in [0.15, 0.2) is 0 Å². The van der Waals surface area contributed by atoms with Gasteiger partial charge in [0.1, 0.15) is 5.69 Å². The molecule has 0 spiro atoms. The van der Waals surface area contributed by atoms with Gasteiger partial charge in [-0.15, -0.1) is 0 Å². The highest BCUT2D eigenvalue weighted by molar-refractivity contribution is 7.90. The summed E-state index contributed by atoms with van der Waals surface area (Å²) in [5.41, 5.74) is 0.847. The quantitative estimate of drug-likeness (QED) is 0.848. The molecule has 7 heteroatoms. The van der Waals surface area contributed by atoms with Crippen LogP contribution in [0.4, 0.5) is 0 Å². The summed E-state index contributed by atoms with van der Waals surface area (Å²) in [5, 5.41) is 2.17. The van der Waals surface area contributed by atoms with Gasteiger partial charge in [-0.3, -0.25) is 9.78 Å². The van der Waals surface area contributed by atoms with Crippen molar-refractivity contribution in [2.24, 2.45) is 0 Å². The molecule has 1 unspecified atom stereocenters. The molecule has 0 radical (unpaired) electrons. The van der Waals surface area contributed by atoms with Crippen LogP contribution in [0.5, 0.6) is 0 Å². The molecule has 0 fully saturated rings. The molecule has 0 aromatic carbocycles. The average Bonchev–Trinajstić information content (AvgIpc) is 2.86. The molecule has 112 valence electrons. The van der Waals surface area contributed by atoms with Crippen LogP contribution in [-0.4, -0.2) is 30.6 Å². The topological polar surface area (TPSA) is 88.2 Å². The van der Waals surface area contributed by atoms with Gasteiger partial charge in [-0.25, -0.2) is 13.1 Å². The molecule has 2 rings (SSSR count). The van der Waals surface area contributed by atoms with E-state index in [9.17, 15) is 13.2 Å². The average molecular weight is 307 g/mol. The summed E-state index contributed by atoms with van der Waals surface area (Å²) in [6, 6.07) is 4.60. The van der Waals surface area contributed by atoms with Crippen LogP contribution >= 0.6 is 0 Å². The first kappa shape index (κ1) is 15.4. The number of sulfonamides is 1. The molecule has 21 heavy (non-hydrogen) atoms. The van der Waals surface area contributed by atoms with Crippen molar-refractivity contribution < 1.29 is 13.2 Å². The van der Waals surface area contributed by atoms with Gasteiger partial charge in [0.05, 0.1) is 11.3 Å². The first-order chi connectivity index (χ1) is 9.88. The lowest BCUT2D eigenvalue weighted by Crippen LogP contribution is -2.36. The minimum Gasteiger partial charge on any atom is -0.321 e. The molecule has 1 heterocycles. The van der Waals surface area contributed by atoms with Crippen molar-refractivity contribution in [2.75, 3.05) is 0 Å². The molecule has 0 saturated carbocycles. The molecule has 1 aromatic rings. The third-order valence-corrected chi connectivity index (χ3v) is 4.76. The molecule has 0 saturated heterocycles. The number of rotatable bonds is 5. The van der Waals surface area contributed by atoms with E-state index in [0.29, 0.717) is 11.4 Å². The first-order valence-electron chi connectivity index (χ1n) is 6.52. The monoisotopic (exact) mass is 307 g/mol. The summed E-state index contributed by atoms with van der Waals surface area (Å²) >= 11 is 0. The van der Waals surface area contributed by atoms with Crippen molar-refractivity contribution in [3.05, 3.63) is 54.0 Å². The Morgan fingerprint density at radius 1 is 1.33 bits per heavy atom. The van der Waals surface area contributed by atoms with Crippen LogP contribution in [0.2, 0.25) is 0 Å². The fourth-order valence-corrected chi connectivity index (χ4v) is 2.48. The summed E-state index contributed by atoms with van der Waals surface area (Å²) in [4.78, 5) is 15.9. The summed E-state index contributed by atoms with van der Waals surface area (Å²) in [5.74, 6) is -0.334. The van der Waals surface area contributed by atoms with Gasteiger partial charge in [-0.1, -0.05) is 12.1 Å². The van der Waals surface area contributed by atoms with E-state index < -0.39 is 21.3 Å². The minimum atomic E-state index is -3.36. The van der Waals surface area contributed by atoms with E-state index in [0.717, 1.165) is 0 Å². The van der Waals surface area contributed by atoms with Crippen molar-refractivity contribution in [1.29, 1.82) is 0 Å². The summed E-state index contributed by atoms with van der Waals surface area (Å²) < 4.78 is 26.1. The van der Waals surface area contributed by atoms with Crippen LogP contribution < -0.4 is 10.0 Å². The van der Waals surface area contributed by atoms with Crippen molar-refractivity contribution in [2.45, 2.75) is 25.1 Å². The highest BCUT2D eigenvalue weighted by atomic mass is 32.2. The summed E-state index contributed by atoms with van der Waals surface area (Å²) in [6.45, 7) is 3.21. The van der Waals surface area contributed by atoms with Gasteiger partial charge in [0.25, 0.3) is 5.91 Å². The minimum absolute atomic E-state index is 0.304. The lowest BCUT2D eigenvalue weighted by Gasteiger charge is -2.12. The Labute approximate surface area is 124 Å². The maximum absolute atomic E-state index is 11.9. The molecule has 0 bridgehead atoms. The molecule has 1 atom stereocenters. The number of nitrogens with zero attached hydrogens (tertiary/aromatic N) is 1. The Morgan fingerprint density at radius 2 is 2.10 bits per heavy atom. The van der Waals surface area contributed by atoms with Crippen molar-refractivity contribution in [1.82, 2.24) is 15.0 Å². The van der Waals surface area contributed by atoms with Gasteiger partial charge in [-0.2, -0.15) is 0 Å². The van der Waals surface area contributed by atoms with Crippen LogP contribution in [0.25, 0.3) is 0 Å². The van der Waals surface area contributed by atoms with Crippen LogP contribution in [0.1, 0.15) is 24.3 Å². The highest BCUT2D eigenvalue weighted by Crippen LogP contribution is 2.10. The number of carbonyl (C=O) groups is 1. The zero-order valence-electron chi connectivity index (χ0n) is 11.8. The van der Waals surface area contributed by atoms with Crippen LogP contribution in [-0.2, 0) is 10.0 Å². The Kier molecular flexibility index (Phi) is 4.54. The number of carbonyl (C=O) groups excluding carboxylic acids is 1. The normalized spacial score (nSPS) is 17.9. The van der Waals surface area contributed by atoms with E-state index in [1.165, 1.54) is 6.20 Å². The Bertz CT molecular complexity index is 679. The van der Waals surface area contributed by atoms with Crippen molar-refractivity contribution >= 4 is 15.9 Å². The number of allylic oxidation sites excluding steroid dienone is 1. The van der Waals surface area contributed by atoms with E-state index in [-0.39, 0.29) is 5.91 Å². The van der Waals surface area contributed by atoms with Gasteiger partial charge >= 0.3 is 0 Å². The number of nitrogens with one attached hydrogen (secondary N) is 2. The maximum Gasteiger partial charge on any atom is 0.274 e. The van der Waals surface area contributed by atoms with Gasteiger partial charge < -0.3 is 5.32 Å². The van der Waals surface area contributed by atoms with E-state index in [1.807, 2.05) is 0 Å². The fourth-order valence-electron chi connectivity index (χ4n) is 1.69. The zero-order chi connectivity index (χ0) is 15.5. The number of amides is 1. The van der Waals surface area contributed by atoms with Crippen LogP contribution in [0.3, 0.4) is 0 Å². The molecule has 1 aromatic heterocycles. The second-order valence-corrected chi connectivity index (χ2v) is 7.16. The van der Waals surface area contributed by atoms with Crippen LogP contribution in [0, 0.1) is 0 Å². The predicted octanol–water partition coefficient (Wildman–Crippen LogP) is 0.961. The first-order valence-corrected chi connectivity index (χ1v) is 8.06. The van der Waals surface area contributed by atoms with Crippen molar-refractivity contribution in [3.63, 3.8) is 0 Å². The molecule has 1 aliphatic rings. The Hall–Kier alpha value is -1.99. The van der Waals surface area contributed by atoms with Gasteiger partial charge in [0.2, 0.25) is 10.0 Å². The zero-order valence-corrected chi connectivity index (χ0v) is 12.6. The fraction of sp³-hybridized carbons (Fsp3) is 0.286. The molecule has 0 aliphatic heterocycles. The van der Waals surface area contributed by atoms with Gasteiger partial charge in [0, 0.05) is 11.9 Å². The second-order valence-electron chi connectivity index (χ2n) is 4.89. The summed E-state index contributed by atoms with van der Waals surface area (Å²) in [6.07, 6.45) is 6.51. The highest BCUT2D eigenvalue weighted by Gasteiger charge is 2.21. The largest absolute Gasteiger partial charge is 0.321 e. The molecule has 1 aliphatic carbocycles. The van der Waals surface area contributed by atoms with Gasteiger partial charge in [-0.05, 0) is 38.1 Å². The number of aromatic nitrogens is 1. The Morgan fingerprint density at radius 3 is 2.71 bits per heavy atom. The van der Waals surface area contributed by atoms with Crippen LogP contribution in [0.15, 0.2) is 48.3 Å². The standard InChI is InChI=1S/C14H17N3O3S/c1-10(2)21(19,20)17-12-7-6-11(9-12)16-14(18)13-5-3-4-8-15-13/h3-10,12,17H,1-2H3,(H,16,18). The van der Waals surface area contributed by atoms with Crippen molar-refractivity contribution in [3.8, 4) is 0 Å². The van der Waals surface area contributed by atoms with E-state index in [2.05, 4.69) is 15.0 Å². The molecule has 1 amide bonds. The second kappa shape index (κ2) is 6.19. The smallest absolute Gasteiger partial charge is 0.274 e. The third-order valence-electron chi connectivity index (χ3n) is 2.92. The lowest BCUT2D eigenvalue weighted by atomic mass is 10.3. The number of pyridine rings is 1.